The molecule has 0 spiro atoms. The summed E-state index contributed by atoms with van der Waals surface area (Å²) >= 11 is 7.91. The molecule has 94 valence electrons. The van der Waals surface area contributed by atoms with Gasteiger partial charge in [0.15, 0.2) is 0 Å². The van der Waals surface area contributed by atoms with E-state index in [0.717, 1.165) is 5.25 Å². The van der Waals surface area contributed by atoms with Gasteiger partial charge in [-0.2, -0.15) is 11.8 Å². The summed E-state index contributed by atoms with van der Waals surface area (Å²) in [6, 6.07) is 5.34. The van der Waals surface area contributed by atoms with E-state index in [4.69, 9.17) is 11.6 Å². The summed E-state index contributed by atoms with van der Waals surface area (Å²) in [6.07, 6.45) is 5.76. The van der Waals surface area contributed by atoms with E-state index in [-0.39, 0.29) is 5.82 Å². The molecule has 0 radical (unpaired) electrons. The van der Waals surface area contributed by atoms with Gasteiger partial charge < -0.3 is 5.32 Å². The van der Waals surface area contributed by atoms with Crippen molar-refractivity contribution in [2.24, 2.45) is 0 Å². The number of thioether (sulfide) groups is 1. The standard InChI is InChI=1S/C13H17ClFNS/c1-17-10-6-5-9(7-10)16-8-11-12(14)3-2-4-13(11)15/h2-4,9-10,16H,5-8H2,1H3. The molecule has 1 aromatic rings. The minimum atomic E-state index is -0.218. The van der Waals surface area contributed by atoms with Crippen LogP contribution in [0.5, 0.6) is 0 Å². The Labute approximate surface area is 111 Å². The van der Waals surface area contributed by atoms with Crippen LogP contribution in [0.3, 0.4) is 0 Å². The van der Waals surface area contributed by atoms with E-state index >= 15 is 0 Å². The molecule has 1 aliphatic carbocycles. The SMILES string of the molecule is CSC1CCC(NCc2c(F)cccc2Cl)C1. The first-order chi connectivity index (χ1) is 8.20. The first kappa shape index (κ1) is 13.2. The third-order valence-electron chi connectivity index (χ3n) is 3.35. The van der Waals surface area contributed by atoms with Crippen LogP contribution in [0.2, 0.25) is 5.02 Å². The zero-order valence-corrected chi connectivity index (χ0v) is 11.5. The molecule has 1 N–H and O–H groups in total. The first-order valence-electron chi connectivity index (χ1n) is 5.89. The molecule has 0 aromatic heterocycles. The molecule has 0 amide bonds. The molecule has 1 nitrogen and oxygen atoms in total. The molecule has 2 atom stereocenters. The molecule has 1 aromatic carbocycles. The minimum absolute atomic E-state index is 0.218. The second kappa shape index (κ2) is 6.07. The largest absolute Gasteiger partial charge is 0.310 e. The van der Waals surface area contributed by atoms with Crippen LogP contribution < -0.4 is 5.32 Å². The van der Waals surface area contributed by atoms with E-state index in [1.165, 1.54) is 25.3 Å². The molecule has 0 bridgehead atoms. The Morgan fingerprint density at radius 3 is 2.94 bits per heavy atom. The lowest BCUT2D eigenvalue weighted by molar-refractivity contribution is 0.509. The maximum atomic E-state index is 13.5. The van der Waals surface area contributed by atoms with Crippen LogP contribution in [0.1, 0.15) is 24.8 Å². The van der Waals surface area contributed by atoms with Crippen molar-refractivity contribution in [3.8, 4) is 0 Å². The number of hydrogen-bond donors (Lipinski definition) is 1. The van der Waals surface area contributed by atoms with Gasteiger partial charge in [-0.1, -0.05) is 17.7 Å². The molecule has 2 rings (SSSR count). The summed E-state index contributed by atoms with van der Waals surface area (Å²) in [5, 5.41) is 4.67. The summed E-state index contributed by atoms with van der Waals surface area (Å²) in [4.78, 5) is 0. The molecule has 0 saturated heterocycles. The summed E-state index contributed by atoms with van der Waals surface area (Å²) in [6.45, 7) is 0.525. The van der Waals surface area contributed by atoms with Crippen molar-refractivity contribution in [1.82, 2.24) is 5.32 Å². The normalized spacial score (nSPS) is 24.2. The fourth-order valence-corrected chi connectivity index (χ4v) is 3.31. The first-order valence-corrected chi connectivity index (χ1v) is 7.56. The van der Waals surface area contributed by atoms with Gasteiger partial charge in [-0.15, -0.1) is 0 Å². The smallest absolute Gasteiger partial charge is 0.129 e. The average molecular weight is 274 g/mol. The third-order valence-corrected chi connectivity index (χ3v) is 4.80. The third kappa shape index (κ3) is 3.36. The van der Waals surface area contributed by atoms with E-state index in [1.807, 2.05) is 11.8 Å². The van der Waals surface area contributed by atoms with Gasteiger partial charge in [0.2, 0.25) is 0 Å². The number of rotatable bonds is 4. The number of halogens is 2. The van der Waals surface area contributed by atoms with Gasteiger partial charge in [-0.25, -0.2) is 4.39 Å². The zero-order chi connectivity index (χ0) is 12.3. The molecule has 0 heterocycles. The lowest BCUT2D eigenvalue weighted by Gasteiger charge is -2.14. The summed E-state index contributed by atoms with van der Waals surface area (Å²) in [5.74, 6) is -0.218. The Morgan fingerprint density at radius 2 is 2.29 bits per heavy atom. The Hall–Kier alpha value is -0.250. The monoisotopic (exact) mass is 273 g/mol. The Balaban J connectivity index is 1.90. The van der Waals surface area contributed by atoms with Gasteiger partial charge in [-0.05, 0) is 37.7 Å². The lowest BCUT2D eigenvalue weighted by atomic mass is 10.2. The maximum Gasteiger partial charge on any atom is 0.129 e. The second-order valence-electron chi connectivity index (χ2n) is 4.45. The number of nitrogens with one attached hydrogen (secondary N) is 1. The van der Waals surface area contributed by atoms with Crippen molar-refractivity contribution >= 4 is 23.4 Å². The molecule has 1 fully saturated rings. The predicted molar refractivity (Wildman–Crippen MR) is 73.2 cm³/mol. The van der Waals surface area contributed by atoms with E-state index in [1.54, 1.807) is 12.1 Å². The number of hydrogen-bond acceptors (Lipinski definition) is 2. The fourth-order valence-electron chi connectivity index (χ4n) is 2.29. The van der Waals surface area contributed by atoms with Crippen LogP contribution >= 0.6 is 23.4 Å². The van der Waals surface area contributed by atoms with Crippen molar-refractivity contribution in [1.29, 1.82) is 0 Å². The predicted octanol–water partition coefficient (Wildman–Crippen LogP) is 3.85. The quantitative estimate of drug-likeness (QED) is 0.894. The summed E-state index contributed by atoms with van der Waals surface area (Å²) in [5.41, 5.74) is 0.585. The van der Waals surface area contributed by atoms with Crippen LogP contribution in [0.25, 0.3) is 0 Å². The lowest BCUT2D eigenvalue weighted by Crippen LogP contribution is -2.26. The summed E-state index contributed by atoms with van der Waals surface area (Å²) in [7, 11) is 0. The van der Waals surface area contributed by atoms with Crippen molar-refractivity contribution in [2.75, 3.05) is 6.26 Å². The van der Waals surface area contributed by atoms with Crippen LogP contribution in [-0.4, -0.2) is 17.5 Å². The van der Waals surface area contributed by atoms with E-state index in [2.05, 4.69) is 11.6 Å². The van der Waals surface area contributed by atoms with Crippen LogP contribution in [0, 0.1) is 5.82 Å². The Bertz CT molecular complexity index is 365. The molecule has 0 aliphatic heterocycles. The molecule has 1 aliphatic rings. The van der Waals surface area contributed by atoms with Gasteiger partial charge in [0.05, 0.1) is 0 Å². The van der Waals surface area contributed by atoms with Crippen molar-refractivity contribution in [3.05, 3.63) is 34.6 Å². The van der Waals surface area contributed by atoms with Gasteiger partial charge in [0, 0.05) is 28.4 Å². The molecule has 17 heavy (non-hydrogen) atoms. The van der Waals surface area contributed by atoms with Gasteiger partial charge in [0.1, 0.15) is 5.82 Å². The fraction of sp³-hybridized carbons (Fsp3) is 0.538. The topological polar surface area (TPSA) is 12.0 Å². The van der Waals surface area contributed by atoms with Crippen LogP contribution in [0.4, 0.5) is 4.39 Å². The number of benzene rings is 1. The van der Waals surface area contributed by atoms with Gasteiger partial charge in [0.25, 0.3) is 0 Å². The Kier molecular flexibility index (Phi) is 4.71. The van der Waals surface area contributed by atoms with Crippen LogP contribution in [0.15, 0.2) is 18.2 Å². The Morgan fingerprint density at radius 1 is 1.47 bits per heavy atom. The zero-order valence-electron chi connectivity index (χ0n) is 9.88. The van der Waals surface area contributed by atoms with Crippen molar-refractivity contribution in [2.45, 2.75) is 37.1 Å². The maximum absolute atomic E-state index is 13.5. The molecule has 4 heteroatoms. The summed E-state index contributed by atoms with van der Waals surface area (Å²) < 4.78 is 13.5. The van der Waals surface area contributed by atoms with Crippen molar-refractivity contribution < 1.29 is 4.39 Å². The highest BCUT2D eigenvalue weighted by Crippen LogP contribution is 2.28. The average Bonchev–Trinajstić information content (AvgIpc) is 2.76. The highest BCUT2D eigenvalue weighted by molar-refractivity contribution is 7.99. The minimum Gasteiger partial charge on any atom is -0.310 e. The van der Waals surface area contributed by atoms with E-state index in [9.17, 15) is 4.39 Å². The van der Waals surface area contributed by atoms with Crippen LogP contribution in [-0.2, 0) is 6.54 Å². The second-order valence-corrected chi connectivity index (χ2v) is 5.99. The van der Waals surface area contributed by atoms with E-state index < -0.39 is 0 Å². The van der Waals surface area contributed by atoms with Crippen molar-refractivity contribution in [3.63, 3.8) is 0 Å². The molecular weight excluding hydrogens is 257 g/mol. The molecular formula is C13H17ClFNS. The highest BCUT2D eigenvalue weighted by Gasteiger charge is 2.23. The van der Waals surface area contributed by atoms with E-state index in [0.29, 0.717) is 23.2 Å². The van der Waals surface area contributed by atoms with Gasteiger partial charge >= 0.3 is 0 Å². The highest BCUT2D eigenvalue weighted by atomic mass is 35.5. The molecule has 1 saturated carbocycles. The molecule has 2 unspecified atom stereocenters. The van der Waals surface area contributed by atoms with Gasteiger partial charge in [-0.3, -0.25) is 0 Å².